The van der Waals surface area contributed by atoms with Gasteiger partial charge in [0.15, 0.2) is 0 Å². The van der Waals surface area contributed by atoms with Crippen molar-refractivity contribution < 1.29 is 18.4 Å². The van der Waals surface area contributed by atoms with Gasteiger partial charge in [0.2, 0.25) is 5.91 Å². The first-order chi connectivity index (χ1) is 3.68. The number of hydroxylamine groups is 1. The van der Waals surface area contributed by atoms with Crippen LogP contribution in [0.2, 0.25) is 0 Å². The van der Waals surface area contributed by atoms with E-state index in [0.29, 0.717) is 0 Å². The molecule has 0 heterocycles. The number of hydrogen-bond donors (Lipinski definition) is 2. The molecule has 0 spiro atoms. The Hall–Kier alpha value is -0.620. The highest BCUT2D eigenvalue weighted by Crippen LogP contribution is 1.44. The summed E-state index contributed by atoms with van der Waals surface area (Å²) in [5.74, 6) is -0.440. The van der Waals surface area contributed by atoms with Crippen molar-refractivity contribution in [3.05, 3.63) is 0 Å². The summed E-state index contributed by atoms with van der Waals surface area (Å²) in [6, 6.07) is 0. The quantitative estimate of drug-likeness (QED) is 0.196. The molecule has 50 valence electrons. The monoisotopic (exact) mass is 140 g/mol. The Bertz CT molecular complexity index is 96.2. The van der Waals surface area contributed by atoms with Crippen LogP contribution in [0.5, 0.6) is 0 Å². The molecule has 0 radical (unpaired) electrons. The molecule has 0 aromatic rings. The second kappa shape index (κ2) is 9.63. The molecule has 0 saturated carbocycles. The van der Waals surface area contributed by atoms with E-state index in [1.807, 2.05) is 0 Å². The molecule has 0 rings (SSSR count). The molecule has 0 aliphatic carbocycles. The van der Waals surface area contributed by atoms with Gasteiger partial charge >= 0.3 is 0 Å². The Morgan fingerprint density at radius 3 is 1.75 bits per heavy atom. The van der Waals surface area contributed by atoms with Crippen LogP contribution >= 0.6 is 0 Å². The second-order valence-corrected chi connectivity index (χ2v) is 0.892. The summed E-state index contributed by atoms with van der Waals surface area (Å²) < 4.78 is 16.7. The zero-order valence-electron chi connectivity index (χ0n) is 4.12. The second-order valence-electron chi connectivity index (χ2n) is 0.743. The van der Waals surface area contributed by atoms with E-state index < -0.39 is 17.5 Å². The van der Waals surface area contributed by atoms with Crippen molar-refractivity contribution in [3.8, 4) is 0 Å². The molecule has 0 unspecified atom stereocenters. The van der Waals surface area contributed by atoms with Gasteiger partial charge in [-0.2, -0.15) is 0 Å². The molecule has 0 fully saturated rings. The maximum Gasteiger partial charge on any atom is 0.240 e. The third-order valence-corrected chi connectivity index (χ3v) is 0.157. The first-order valence-electron chi connectivity index (χ1n) is 1.54. The van der Waals surface area contributed by atoms with Crippen LogP contribution in [-0.4, -0.2) is 11.1 Å². The molecule has 6 heteroatoms. The number of hydrogen-bond acceptors (Lipinski definition) is 5. The average molecular weight is 140 g/mol. The lowest BCUT2D eigenvalue weighted by Crippen LogP contribution is -2.12. The van der Waals surface area contributed by atoms with Gasteiger partial charge in [0, 0.05) is 6.92 Å². The minimum atomic E-state index is -1.08. The fraction of sp³-hybridized carbons (Fsp3) is 0.500. The number of rotatable bonds is 0. The number of amides is 1. The van der Waals surface area contributed by atoms with E-state index in [0.717, 1.165) is 0 Å². The smallest absolute Gasteiger partial charge is 0.240 e. The highest BCUT2D eigenvalue weighted by Gasteiger charge is 1.74. The average Bonchev–Trinajstić information content (AvgIpc) is 1.69. The lowest BCUT2D eigenvalue weighted by atomic mass is 10.8. The molecule has 0 aromatic heterocycles. The van der Waals surface area contributed by atoms with Gasteiger partial charge in [-0.3, -0.25) is 10.0 Å². The molecule has 2 N–H and O–H groups in total. The molecule has 1 amide bonds. The third-order valence-electron chi connectivity index (χ3n) is 0.157. The van der Waals surface area contributed by atoms with Crippen molar-refractivity contribution >= 4 is 17.5 Å². The molecular weight excluding hydrogens is 134 g/mol. The largest absolute Gasteiger partial charge is 0.427 e. The third kappa shape index (κ3) is 54.2. The zero-order chi connectivity index (χ0) is 6.99. The highest BCUT2D eigenvalue weighted by atomic mass is 32.1. The predicted octanol–water partition coefficient (Wildman–Crippen LogP) is -0.996. The number of carbonyl (C=O) groups is 1. The molecular formula is C2H6NO4S-. The van der Waals surface area contributed by atoms with Crippen molar-refractivity contribution in [2.45, 2.75) is 6.92 Å². The van der Waals surface area contributed by atoms with Crippen LogP contribution in [0.1, 0.15) is 6.92 Å². The Balaban J connectivity index is 0. The van der Waals surface area contributed by atoms with Crippen molar-refractivity contribution in [3.63, 3.8) is 0 Å². The summed E-state index contributed by atoms with van der Waals surface area (Å²) in [4.78, 5) is 9.45. The summed E-state index contributed by atoms with van der Waals surface area (Å²) in [6.45, 7) is 1.22. The summed E-state index contributed by atoms with van der Waals surface area (Å²) in [5, 5.41) is 7.54. The lowest BCUT2D eigenvalue weighted by Gasteiger charge is -1.78. The molecule has 0 aromatic carbocycles. The van der Waals surface area contributed by atoms with Crippen molar-refractivity contribution in [2.75, 3.05) is 0 Å². The van der Waals surface area contributed by atoms with Crippen LogP contribution in [0.3, 0.4) is 0 Å². The number of thiol groups is 1. The molecule has 0 aliphatic heterocycles. The maximum atomic E-state index is 9.45. The van der Waals surface area contributed by atoms with E-state index in [-0.39, 0.29) is 0 Å². The van der Waals surface area contributed by atoms with E-state index in [1.54, 1.807) is 0 Å². The molecule has 0 saturated heterocycles. The van der Waals surface area contributed by atoms with Gasteiger partial charge in [-0.05, 0) is 0 Å². The standard InChI is InChI=1S/C2H5NO2.HO2S/c1-2(4)3-5;1-3-2/h5H,1H3,(H,3,4);3H/q;-1. The topological polar surface area (TPSA) is 83.5 Å². The first-order valence-corrected chi connectivity index (χ1v) is 2.27. The number of nitrogens with one attached hydrogen (secondary N) is 1. The molecule has 5 nitrogen and oxygen atoms in total. The van der Waals surface area contributed by atoms with Gasteiger partial charge in [-0.1, -0.05) is 11.6 Å². The lowest BCUT2D eigenvalue weighted by molar-refractivity contribution is -0.126. The van der Waals surface area contributed by atoms with Gasteiger partial charge < -0.3 is 8.42 Å². The van der Waals surface area contributed by atoms with Gasteiger partial charge in [-0.25, -0.2) is 5.48 Å². The van der Waals surface area contributed by atoms with Crippen LogP contribution in [0.15, 0.2) is 0 Å². The summed E-state index contributed by atoms with van der Waals surface area (Å²) >= 11 is -1.08. The van der Waals surface area contributed by atoms with Crippen LogP contribution in [0, 0.1) is 0 Å². The van der Waals surface area contributed by atoms with Crippen LogP contribution in [-0.2, 0) is 24.8 Å². The van der Waals surface area contributed by atoms with Crippen molar-refractivity contribution in [2.24, 2.45) is 0 Å². The van der Waals surface area contributed by atoms with Crippen LogP contribution in [0.25, 0.3) is 0 Å². The zero-order valence-corrected chi connectivity index (χ0v) is 5.01. The SMILES string of the molecule is CC(=O)NO.O=[SH-]=O. The van der Waals surface area contributed by atoms with Gasteiger partial charge in [-0.15, -0.1) is 0 Å². The van der Waals surface area contributed by atoms with Gasteiger partial charge in [0.25, 0.3) is 0 Å². The van der Waals surface area contributed by atoms with E-state index in [9.17, 15) is 4.79 Å². The summed E-state index contributed by atoms with van der Waals surface area (Å²) in [5.41, 5.74) is 1.39. The Morgan fingerprint density at radius 2 is 1.75 bits per heavy atom. The van der Waals surface area contributed by atoms with Crippen molar-refractivity contribution in [1.82, 2.24) is 5.48 Å². The van der Waals surface area contributed by atoms with Gasteiger partial charge in [0.05, 0.1) is 0 Å². The Kier molecular flexibility index (Phi) is 12.5. The minimum absolute atomic E-state index is 0.440. The van der Waals surface area contributed by atoms with E-state index in [2.05, 4.69) is 0 Å². The number of carbonyl (C=O) groups excluding carboxylic acids is 1. The predicted molar refractivity (Wildman–Crippen MR) is 25.7 cm³/mol. The van der Waals surface area contributed by atoms with Crippen molar-refractivity contribution in [1.29, 1.82) is 0 Å². The highest BCUT2D eigenvalue weighted by molar-refractivity contribution is 7.51. The maximum absolute atomic E-state index is 9.45. The van der Waals surface area contributed by atoms with Crippen LogP contribution in [0.4, 0.5) is 0 Å². The van der Waals surface area contributed by atoms with Crippen LogP contribution < -0.4 is 5.48 Å². The Labute approximate surface area is 49.3 Å². The summed E-state index contributed by atoms with van der Waals surface area (Å²) in [6.07, 6.45) is 0. The summed E-state index contributed by atoms with van der Waals surface area (Å²) in [7, 11) is 0. The van der Waals surface area contributed by atoms with Gasteiger partial charge in [0.1, 0.15) is 0 Å². The molecule has 0 bridgehead atoms. The normalized spacial score (nSPS) is 6.25. The van der Waals surface area contributed by atoms with E-state index >= 15 is 0 Å². The fourth-order valence-electron chi connectivity index (χ4n) is 0. The Morgan fingerprint density at radius 1 is 1.62 bits per heavy atom. The fourth-order valence-corrected chi connectivity index (χ4v) is 0. The van der Waals surface area contributed by atoms with E-state index in [4.69, 9.17) is 13.6 Å². The first kappa shape index (κ1) is 10.4. The molecule has 8 heavy (non-hydrogen) atoms. The molecule has 0 atom stereocenters. The van der Waals surface area contributed by atoms with E-state index in [1.165, 1.54) is 12.4 Å². The molecule has 0 aliphatic rings. The minimum Gasteiger partial charge on any atom is -0.427 e.